The van der Waals surface area contributed by atoms with Gasteiger partial charge in [-0.1, -0.05) is 199 Å². The standard InChI is InChI=1S/C25H28ClN3O2.C25H28ClN3O.C21H21ClN4O.C21H27NO3S.C17H14BrNS/c1-3-28(17-19-9-6-7-11-22(19)31-2)25(30)23-21-10-5-4-8-16-29(21)24(27-23)18-12-14-20(26)15-13-18;1-3-28(17-19-9-7-8-18(2)16-19)25(30)23-22-10-5-4-6-15-29(22)24(27-23)20-11-13-21(26)14-12-20;22-16-10-8-15(9-11-16)20-25-19(18-7-2-1-5-13-26(18)20)21(27)24-14-17-6-3-4-12-23-17;1-24-17-10-8-16(9-11-17)21-18(12-13-20(23)25-2)26-19(22-21)14-15-6-4-3-5-7-15;18-15-8-4-7-14(11-15)16-12-19-17(20-16)10-9-13-5-2-1-3-6-13/h6-7,9,11-15H,3-5,8,10,16-17H2,1-2H3;7-9,11-14,16H,3-6,10,15,17H2,1-2H3;3-4,6,8-12H,1-2,5,7,13-14H2,(H,24,27);8-11,15H,3-7,12-14H2,1-2H3;1-8,11-12H,9-10H2. The SMILES string of the molecule is Brc1cccc(-c2cnc(CCc3ccccc3)s2)c1.CCN(Cc1cccc(C)c1)C(=O)c1nc(-c2ccc(Cl)cc2)n2c1CCCCC2.CCN(Cc1ccccc1OC)C(=O)c1nc(-c2ccc(Cl)cc2)n2c1CCCCC2.COC(=O)CCc1sc(CC2CCCCC2)nc1-c1ccc(OC)cc1.O=C(NCc1ccccn1)c1nc(-c2ccc(Cl)cc2)n2c1CCCCC2. The van der Waals surface area contributed by atoms with Crippen molar-refractivity contribution in [2.75, 3.05) is 34.4 Å². The maximum Gasteiger partial charge on any atom is 0.305 e. The van der Waals surface area contributed by atoms with Crippen LogP contribution in [0.15, 0.2) is 235 Å². The summed E-state index contributed by atoms with van der Waals surface area (Å²) in [6.45, 7) is 11.5. The summed E-state index contributed by atoms with van der Waals surface area (Å²) in [5, 5.41) is 7.44. The Morgan fingerprint density at radius 3 is 1.56 bits per heavy atom. The van der Waals surface area contributed by atoms with Crippen molar-refractivity contribution < 1.29 is 33.4 Å². The predicted octanol–water partition coefficient (Wildman–Crippen LogP) is 26.2. The number of thiazole rings is 2. The number of carbonyl (C=O) groups is 4. The molecule has 1 saturated carbocycles. The van der Waals surface area contributed by atoms with E-state index in [1.54, 1.807) is 43.1 Å². The Labute approximate surface area is 819 Å². The number of methoxy groups -OCH3 is 3. The highest BCUT2D eigenvalue weighted by atomic mass is 79.9. The molecule has 0 radical (unpaired) electrons. The number of hydrogen-bond acceptors (Lipinski definition) is 15. The van der Waals surface area contributed by atoms with Gasteiger partial charge >= 0.3 is 5.97 Å². The fourth-order valence-electron chi connectivity index (χ4n) is 17.6. The lowest BCUT2D eigenvalue weighted by molar-refractivity contribution is -0.140. The number of para-hydroxylation sites is 1. The van der Waals surface area contributed by atoms with Gasteiger partial charge in [0.05, 0.1) is 77.7 Å². The number of rotatable bonds is 26. The van der Waals surface area contributed by atoms with E-state index >= 15 is 0 Å². The first-order valence-corrected chi connectivity index (χ1v) is 50.4. The molecule has 1 N–H and O–H groups in total. The second kappa shape index (κ2) is 49.7. The molecule has 1 aliphatic carbocycles. The van der Waals surface area contributed by atoms with Gasteiger partial charge in [0, 0.05) is 123 Å². The van der Waals surface area contributed by atoms with Crippen LogP contribution in [-0.2, 0) is 93.7 Å². The van der Waals surface area contributed by atoms with E-state index in [4.69, 9.17) is 68.9 Å². The number of hydrogen-bond donors (Lipinski definition) is 1. The highest BCUT2D eigenvalue weighted by molar-refractivity contribution is 9.10. The molecule has 8 aromatic carbocycles. The molecule has 6 aromatic heterocycles. The number of nitrogens with zero attached hydrogens (tertiary/aromatic N) is 11. The van der Waals surface area contributed by atoms with E-state index in [9.17, 15) is 19.2 Å². The summed E-state index contributed by atoms with van der Waals surface area (Å²) in [5.41, 5.74) is 16.7. The topological polar surface area (TPSA) is 207 Å². The van der Waals surface area contributed by atoms with Crippen LogP contribution in [0.5, 0.6) is 11.5 Å². The molecule has 14 aromatic rings. The lowest BCUT2D eigenvalue weighted by Crippen LogP contribution is -2.31. The molecule has 19 nitrogen and oxygen atoms in total. The highest BCUT2D eigenvalue weighted by Crippen LogP contribution is 2.38. The largest absolute Gasteiger partial charge is 0.497 e. The molecule has 0 unspecified atom stereocenters. The third-order valence-corrected chi connectivity index (χ3v) is 28.2. The average molecular weight is 1960 g/mol. The van der Waals surface area contributed by atoms with Crippen molar-refractivity contribution in [2.45, 2.75) is 201 Å². The van der Waals surface area contributed by atoms with E-state index in [-0.39, 0.29) is 23.7 Å². The number of esters is 1. The van der Waals surface area contributed by atoms with Crippen LogP contribution < -0.4 is 14.8 Å². The lowest BCUT2D eigenvalue weighted by Gasteiger charge is -2.22. The Bertz CT molecular complexity index is 6180. The third-order valence-electron chi connectivity index (χ3n) is 24.7. The average Bonchev–Trinajstić information content (AvgIpc) is 1.64. The van der Waals surface area contributed by atoms with E-state index in [1.807, 2.05) is 182 Å². The number of nitrogens with one attached hydrogen (secondary N) is 1. The maximum atomic E-state index is 13.7. The van der Waals surface area contributed by atoms with Gasteiger partial charge < -0.3 is 43.0 Å². The van der Waals surface area contributed by atoms with E-state index < -0.39 is 0 Å². The number of aromatic nitrogens is 9. The molecule has 1 fully saturated rings. The maximum absolute atomic E-state index is 13.7. The van der Waals surface area contributed by atoms with Crippen molar-refractivity contribution in [3.05, 3.63) is 327 Å². The van der Waals surface area contributed by atoms with E-state index in [2.05, 4.69) is 119 Å². The van der Waals surface area contributed by atoms with Crippen LogP contribution in [-0.4, -0.2) is 112 Å². The minimum Gasteiger partial charge on any atom is -0.497 e. The molecule has 0 bridgehead atoms. The number of carbonyl (C=O) groups excluding carboxylic acids is 4. The zero-order valence-electron chi connectivity index (χ0n) is 77.3. The van der Waals surface area contributed by atoms with Gasteiger partial charge in [0.2, 0.25) is 0 Å². The number of ether oxygens (including phenoxy) is 3. The Hall–Kier alpha value is -11.4. The molecule has 0 saturated heterocycles. The molecule has 0 atom stereocenters. The third kappa shape index (κ3) is 26.8. The Morgan fingerprint density at radius 1 is 0.485 bits per heavy atom. The van der Waals surface area contributed by atoms with Crippen LogP contribution in [0, 0.1) is 12.8 Å². The zero-order valence-corrected chi connectivity index (χ0v) is 82.8. The van der Waals surface area contributed by atoms with Crippen molar-refractivity contribution in [1.82, 2.24) is 58.7 Å². The number of aryl methyl sites for hydroxylation is 4. The zero-order chi connectivity index (χ0) is 93.7. The summed E-state index contributed by atoms with van der Waals surface area (Å²) in [5.74, 6) is 4.62. The highest BCUT2D eigenvalue weighted by Gasteiger charge is 2.32. The van der Waals surface area contributed by atoms with Gasteiger partial charge in [0.1, 0.15) is 46.1 Å². The number of imidazole rings is 3. The number of pyridine rings is 1. The van der Waals surface area contributed by atoms with Crippen LogP contribution in [0.25, 0.3) is 55.9 Å². The van der Waals surface area contributed by atoms with Gasteiger partial charge in [-0.3, -0.25) is 24.2 Å². The first kappa shape index (κ1) is 98.6. The Morgan fingerprint density at radius 2 is 1.01 bits per heavy atom. The van der Waals surface area contributed by atoms with Crippen molar-refractivity contribution in [2.24, 2.45) is 5.92 Å². The first-order chi connectivity index (χ1) is 65.4. The van der Waals surface area contributed by atoms with Crippen LogP contribution in [0.4, 0.5) is 0 Å². The van der Waals surface area contributed by atoms with Gasteiger partial charge in [-0.15, -0.1) is 22.7 Å². The van der Waals surface area contributed by atoms with Crippen molar-refractivity contribution >= 4 is 97.1 Å². The molecule has 0 spiro atoms. The van der Waals surface area contributed by atoms with E-state index in [0.29, 0.717) is 77.7 Å². The molecule has 4 aliphatic rings. The molecule has 696 valence electrons. The quantitative estimate of drug-likeness (QED) is 0.0501. The summed E-state index contributed by atoms with van der Waals surface area (Å²) in [4.78, 5) is 86.1. The van der Waals surface area contributed by atoms with Gasteiger partial charge in [-0.25, -0.2) is 24.9 Å². The molecule has 9 heterocycles. The van der Waals surface area contributed by atoms with Crippen LogP contribution in [0.2, 0.25) is 15.1 Å². The van der Waals surface area contributed by atoms with Gasteiger partial charge in [-0.2, -0.15) is 0 Å². The van der Waals surface area contributed by atoms with Gasteiger partial charge in [0.15, 0.2) is 0 Å². The van der Waals surface area contributed by atoms with Crippen molar-refractivity contribution in [3.63, 3.8) is 0 Å². The number of amides is 3. The van der Waals surface area contributed by atoms with E-state index in [0.717, 1.165) is 211 Å². The minimum absolute atomic E-state index is 0.0184. The summed E-state index contributed by atoms with van der Waals surface area (Å²) >= 11 is 25.3. The van der Waals surface area contributed by atoms with Gasteiger partial charge in [0.25, 0.3) is 17.7 Å². The molecule has 3 amide bonds. The predicted molar refractivity (Wildman–Crippen MR) is 545 cm³/mol. The number of fused-ring (bicyclic) bond motifs is 3. The van der Waals surface area contributed by atoms with Gasteiger partial charge in [-0.05, 0) is 241 Å². The minimum atomic E-state index is -0.173. The molecule has 134 heavy (non-hydrogen) atoms. The second-order valence-corrected chi connectivity index (χ2v) is 38.6. The molecular formula is C109H118BrCl3N12O7S2. The fraction of sp³-hybridized carbons (Fsp3) is 0.339. The second-order valence-electron chi connectivity index (χ2n) is 34.0. The molecule has 3 aliphatic heterocycles. The molecule has 25 heteroatoms. The normalized spacial score (nSPS) is 13.4. The Balaban J connectivity index is 0.000000135. The summed E-state index contributed by atoms with van der Waals surface area (Å²) in [6.07, 6.45) is 27.2. The molecule has 18 rings (SSSR count). The van der Waals surface area contributed by atoms with Crippen LogP contribution in [0.3, 0.4) is 0 Å². The number of benzene rings is 8. The summed E-state index contributed by atoms with van der Waals surface area (Å²) in [7, 11) is 4.76. The van der Waals surface area contributed by atoms with Crippen LogP contribution in [0.1, 0.15) is 202 Å². The van der Waals surface area contributed by atoms with Crippen molar-refractivity contribution in [1.29, 1.82) is 0 Å². The lowest BCUT2D eigenvalue weighted by atomic mass is 9.87. The van der Waals surface area contributed by atoms with Crippen LogP contribution >= 0.6 is 73.4 Å². The molecular weight excluding hydrogens is 1840 g/mol. The van der Waals surface area contributed by atoms with Crippen molar-refractivity contribution in [3.8, 4) is 67.4 Å². The monoisotopic (exact) mass is 1950 g/mol. The summed E-state index contributed by atoms with van der Waals surface area (Å²) in [6, 6.07) is 71.8. The Kier molecular flexibility index (Phi) is 36.6. The smallest absolute Gasteiger partial charge is 0.305 e. The number of halogens is 4. The first-order valence-electron chi connectivity index (χ1n) is 46.9. The summed E-state index contributed by atoms with van der Waals surface area (Å²) < 4.78 is 23.3. The fourth-order valence-corrected chi connectivity index (χ4v) is 20.5. The van der Waals surface area contributed by atoms with E-state index in [1.165, 1.54) is 82.1 Å².